The number of likely N-dealkylation sites (tertiary alicyclic amines) is 1. The lowest BCUT2D eigenvalue weighted by atomic mass is 9.90. The van der Waals surface area contributed by atoms with Gasteiger partial charge in [0.1, 0.15) is 0 Å². The van der Waals surface area contributed by atoms with Crippen LogP contribution in [0.15, 0.2) is 48.7 Å². The molecule has 1 amide bonds. The van der Waals surface area contributed by atoms with Crippen molar-refractivity contribution >= 4 is 17.5 Å². The smallest absolute Gasteiger partial charge is 0.221 e. The second kappa shape index (κ2) is 10.4. The Morgan fingerprint density at radius 2 is 2.07 bits per heavy atom. The normalized spacial score (nSPS) is 18.7. The van der Waals surface area contributed by atoms with Crippen molar-refractivity contribution in [3.05, 3.63) is 64.9 Å². The maximum Gasteiger partial charge on any atom is 0.221 e. The van der Waals surface area contributed by atoms with E-state index in [4.69, 9.17) is 11.6 Å². The molecule has 30 heavy (non-hydrogen) atoms. The Kier molecular flexibility index (Phi) is 7.90. The van der Waals surface area contributed by atoms with E-state index >= 15 is 0 Å². The summed E-state index contributed by atoms with van der Waals surface area (Å²) >= 11 is 6.20. The Balaban J connectivity index is 1.74. The summed E-state index contributed by atoms with van der Waals surface area (Å²) in [6.07, 6.45) is 6.76. The van der Waals surface area contributed by atoms with Crippen LogP contribution in [0.5, 0.6) is 0 Å². The van der Waals surface area contributed by atoms with Gasteiger partial charge in [-0.25, -0.2) is 0 Å². The number of carbonyl (C=O) groups is 1. The Morgan fingerprint density at radius 1 is 1.23 bits per heavy atom. The van der Waals surface area contributed by atoms with Crippen molar-refractivity contribution < 1.29 is 4.79 Å². The summed E-state index contributed by atoms with van der Waals surface area (Å²) in [5.74, 6) is 0.0929. The van der Waals surface area contributed by atoms with Gasteiger partial charge >= 0.3 is 0 Å². The summed E-state index contributed by atoms with van der Waals surface area (Å²) in [5.41, 5.74) is 2.14. The van der Waals surface area contributed by atoms with Crippen LogP contribution in [0.4, 0.5) is 0 Å². The van der Waals surface area contributed by atoms with Gasteiger partial charge < -0.3 is 5.32 Å². The summed E-state index contributed by atoms with van der Waals surface area (Å²) in [6, 6.07) is 14.4. The van der Waals surface area contributed by atoms with Crippen LogP contribution >= 0.6 is 11.6 Å². The second-order valence-corrected chi connectivity index (χ2v) is 10.0. The average Bonchev–Trinajstić information content (AvgIpc) is 2.68. The first-order valence-electron chi connectivity index (χ1n) is 11.0. The topological polar surface area (TPSA) is 45.2 Å². The predicted molar refractivity (Wildman–Crippen MR) is 123 cm³/mol. The molecule has 1 aliphatic heterocycles. The highest BCUT2D eigenvalue weighted by atomic mass is 35.5. The second-order valence-electron chi connectivity index (χ2n) is 9.60. The van der Waals surface area contributed by atoms with Gasteiger partial charge in [0.15, 0.2) is 0 Å². The lowest BCUT2D eigenvalue weighted by molar-refractivity contribution is -0.123. The Bertz CT molecular complexity index is 819. The molecule has 0 saturated carbocycles. The molecule has 5 heteroatoms. The number of carbonyl (C=O) groups excluding carboxylic acids is 1. The molecule has 3 rings (SSSR count). The number of piperidine rings is 1. The number of rotatable bonds is 7. The molecule has 2 unspecified atom stereocenters. The fourth-order valence-corrected chi connectivity index (χ4v) is 4.45. The SMILES string of the molecule is CC(C)(C)CC(=O)NC(CC1CCCCN1Cc1cccc(Cl)c1)c1ccccn1. The van der Waals surface area contributed by atoms with E-state index in [2.05, 4.69) is 48.1 Å². The summed E-state index contributed by atoms with van der Waals surface area (Å²) < 4.78 is 0. The van der Waals surface area contributed by atoms with Gasteiger partial charge in [0.2, 0.25) is 5.91 Å². The zero-order valence-corrected chi connectivity index (χ0v) is 19.2. The van der Waals surface area contributed by atoms with Crippen LogP contribution in [0.1, 0.15) is 70.2 Å². The Labute approximate surface area is 186 Å². The van der Waals surface area contributed by atoms with E-state index in [1.807, 2.05) is 36.5 Å². The molecule has 1 N–H and O–H groups in total. The molecule has 0 spiro atoms. The Morgan fingerprint density at radius 3 is 2.77 bits per heavy atom. The number of hydrogen-bond donors (Lipinski definition) is 1. The van der Waals surface area contributed by atoms with Crippen LogP contribution in [-0.4, -0.2) is 28.4 Å². The third kappa shape index (κ3) is 7.10. The van der Waals surface area contributed by atoms with Gasteiger partial charge in [0.05, 0.1) is 11.7 Å². The zero-order chi connectivity index (χ0) is 21.6. The summed E-state index contributed by atoms with van der Waals surface area (Å²) in [4.78, 5) is 19.8. The highest BCUT2D eigenvalue weighted by Gasteiger charge is 2.28. The van der Waals surface area contributed by atoms with Gasteiger partial charge in [-0.15, -0.1) is 0 Å². The minimum absolute atomic E-state index is 0.0395. The van der Waals surface area contributed by atoms with E-state index in [1.54, 1.807) is 0 Å². The lowest BCUT2D eigenvalue weighted by Gasteiger charge is -2.38. The van der Waals surface area contributed by atoms with Crippen LogP contribution in [0.2, 0.25) is 5.02 Å². The molecule has 0 bridgehead atoms. The van der Waals surface area contributed by atoms with Gasteiger partial charge in [-0.1, -0.05) is 57.0 Å². The highest BCUT2D eigenvalue weighted by Crippen LogP contribution is 2.29. The minimum atomic E-state index is -0.0778. The monoisotopic (exact) mass is 427 g/mol. The third-order valence-corrected chi connectivity index (χ3v) is 5.84. The maximum atomic E-state index is 12.7. The molecule has 1 fully saturated rings. The van der Waals surface area contributed by atoms with E-state index in [0.29, 0.717) is 12.5 Å². The Hall–Kier alpha value is -1.91. The van der Waals surface area contributed by atoms with Gasteiger partial charge in [-0.05, 0) is 61.1 Å². The van der Waals surface area contributed by atoms with Crippen LogP contribution in [0, 0.1) is 5.41 Å². The fourth-order valence-electron chi connectivity index (χ4n) is 4.24. The van der Waals surface area contributed by atoms with E-state index in [1.165, 1.54) is 18.4 Å². The van der Waals surface area contributed by atoms with Crippen molar-refractivity contribution in [2.24, 2.45) is 5.41 Å². The van der Waals surface area contributed by atoms with Crippen molar-refractivity contribution in [2.45, 2.75) is 71.5 Å². The zero-order valence-electron chi connectivity index (χ0n) is 18.4. The van der Waals surface area contributed by atoms with E-state index in [0.717, 1.165) is 36.6 Å². The number of pyridine rings is 1. The highest BCUT2D eigenvalue weighted by molar-refractivity contribution is 6.30. The molecular weight excluding hydrogens is 394 g/mol. The standard InChI is InChI=1S/C25H34ClN3O/c1-25(2,3)17-24(30)28-23(22-12-4-6-13-27-22)16-21-11-5-7-14-29(21)18-19-9-8-10-20(26)15-19/h4,6,8-10,12-13,15,21,23H,5,7,11,14,16-18H2,1-3H3,(H,28,30). The fraction of sp³-hybridized carbons (Fsp3) is 0.520. The van der Waals surface area contributed by atoms with E-state index < -0.39 is 0 Å². The van der Waals surface area contributed by atoms with Gasteiger partial charge in [-0.2, -0.15) is 0 Å². The maximum absolute atomic E-state index is 12.7. The van der Waals surface area contributed by atoms with Crippen LogP contribution in [-0.2, 0) is 11.3 Å². The van der Waals surface area contributed by atoms with Crippen molar-refractivity contribution in [2.75, 3.05) is 6.54 Å². The first-order valence-corrected chi connectivity index (χ1v) is 11.4. The third-order valence-electron chi connectivity index (χ3n) is 5.60. The molecule has 2 atom stereocenters. The molecule has 1 saturated heterocycles. The van der Waals surface area contributed by atoms with Gasteiger partial charge in [0.25, 0.3) is 0 Å². The quantitative estimate of drug-likeness (QED) is 0.609. The van der Waals surface area contributed by atoms with E-state index in [9.17, 15) is 4.79 Å². The number of amides is 1. The van der Waals surface area contributed by atoms with E-state index in [-0.39, 0.29) is 17.4 Å². The molecule has 1 aromatic heterocycles. The molecule has 2 heterocycles. The van der Waals surface area contributed by atoms with Gasteiger partial charge in [-0.3, -0.25) is 14.7 Å². The van der Waals surface area contributed by atoms with Crippen LogP contribution < -0.4 is 5.32 Å². The first-order chi connectivity index (χ1) is 14.3. The average molecular weight is 428 g/mol. The molecule has 2 aromatic rings. The number of hydrogen-bond acceptors (Lipinski definition) is 3. The molecule has 162 valence electrons. The molecule has 1 aliphatic rings. The molecule has 1 aromatic carbocycles. The van der Waals surface area contributed by atoms with Crippen LogP contribution in [0.25, 0.3) is 0 Å². The summed E-state index contributed by atoms with van der Waals surface area (Å²) in [6.45, 7) is 8.24. The molecular formula is C25H34ClN3O. The van der Waals surface area contributed by atoms with Crippen molar-refractivity contribution in [1.29, 1.82) is 0 Å². The molecule has 0 aliphatic carbocycles. The number of benzene rings is 1. The minimum Gasteiger partial charge on any atom is -0.348 e. The first kappa shape index (κ1) is 22.8. The van der Waals surface area contributed by atoms with Crippen molar-refractivity contribution in [1.82, 2.24) is 15.2 Å². The van der Waals surface area contributed by atoms with Crippen molar-refractivity contribution in [3.63, 3.8) is 0 Å². The van der Waals surface area contributed by atoms with Crippen LogP contribution in [0.3, 0.4) is 0 Å². The number of halogens is 1. The predicted octanol–water partition coefficient (Wildman–Crippen LogP) is 5.77. The lowest BCUT2D eigenvalue weighted by Crippen LogP contribution is -2.42. The number of aromatic nitrogens is 1. The molecule has 0 radical (unpaired) electrons. The van der Waals surface area contributed by atoms with Gasteiger partial charge in [0, 0.05) is 30.2 Å². The summed E-state index contributed by atoms with van der Waals surface area (Å²) in [7, 11) is 0. The number of nitrogens with zero attached hydrogens (tertiary/aromatic N) is 2. The number of nitrogens with one attached hydrogen (secondary N) is 1. The molecule has 4 nitrogen and oxygen atoms in total. The largest absolute Gasteiger partial charge is 0.348 e. The van der Waals surface area contributed by atoms with Crippen molar-refractivity contribution in [3.8, 4) is 0 Å². The summed E-state index contributed by atoms with van der Waals surface area (Å²) in [5, 5.41) is 4.06.